The van der Waals surface area contributed by atoms with Gasteiger partial charge in [0.25, 0.3) is 11.5 Å². The summed E-state index contributed by atoms with van der Waals surface area (Å²) in [6.45, 7) is 13.1. The normalized spacial score (nSPS) is 16.4. The van der Waals surface area contributed by atoms with Crippen LogP contribution in [0.25, 0.3) is 11.1 Å². The number of aryl methyl sites for hydroxylation is 2. The Hall–Kier alpha value is -3.54. The molecule has 5 rings (SSSR count). The summed E-state index contributed by atoms with van der Waals surface area (Å²) in [7, 11) is 1.00. The Balaban J connectivity index is 0.00000226. The molecular weight excluding hydrogens is 572 g/mol. The van der Waals surface area contributed by atoms with Gasteiger partial charge < -0.3 is 29.8 Å². The van der Waals surface area contributed by atoms with E-state index in [1.165, 1.54) is 0 Å². The summed E-state index contributed by atoms with van der Waals surface area (Å²) in [4.78, 5) is 31.6. The van der Waals surface area contributed by atoms with E-state index in [-0.39, 0.29) is 22.7 Å². The molecule has 2 aliphatic rings. The molecule has 0 radical (unpaired) electrons. The number of nitrogens with one attached hydrogen (secondary N) is 2. The predicted molar refractivity (Wildman–Crippen MR) is 176 cm³/mol. The molecule has 0 unspecified atom stereocenters. The number of rotatable bonds is 9. The third-order valence-electron chi connectivity index (χ3n) is 8.89. The standard InChI is InChI=1S/C34H44N4O5.CH4O/c1-5-37(29-10-14-42-15-11-29)32-20-28(27-8-6-26(7-9-27)22-38(41)12-16-43-17-13-38)19-30(25(32)4)33(39)35-21-31-23(2)18-24(3)36-34(31)40;1-2/h6-9,18-20,29,41H,5,10-17,21-22H2,1-4H3,(H-,35,36,39,40);2H,1H3/p+1. The van der Waals surface area contributed by atoms with E-state index >= 15 is 0 Å². The number of anilines is 1. The second-order valence-electron chi connectivity index (χ2n) is 11.9. The molecule has 0 spiro atoms. The summed E-state index contributed by atoms with van der Waals surface area (Å²) >= 11 is 0. The molecule has 244 valence electrons. The van der Waals surface area contributed by atoms with Crippen LogP contribution in [0.15, 0.2) is 47.3 Å². The Labute approximate surface area is 266 Å². The van der Waals surface area contributed by atoms with Crippen molar-refractivity contribution in [3.05, 3.63) is 86.3 Å². The summed E-state index contributed by atoms with van der Waals surface area (Å²) in [5.74, 6) is -0.210. The molecule has 0 aliphatic carbocycles. The number of H-pyrrole nitrogens is 1. The van der Waals surface area contributed by atoms with E-state index in [9.17, 15) is 14.8 Å². The fraction of sp³-hybridized carbons (Fsp3) is 0.486. The number of aliphatic hydroxyl groups excluding tert-OH is 1. The van der Waals surface area contributed by atoms with Crippen molar-refractivity contribution in [3.8, 4) is 11.1 Å². The number of benzene rings is 2. The van der Waals surface area contributed by atoms with E-state index in [2.05, 4.69) is 52.5 Å². The van der Waals surface area contributed by atoms with Crippen molar-refractivity contribution in [2.45, 2.75) is 59.7 Å². The van der Waals surface area contributed by atoms with Crippen molar-refractivity contribution in [2.75, 3.05) is 58.1 Å². The van der Waals surface area contributed by atoms with E-state index in [0.717, 1.165) is 78.9 Å². The van der Waals surface area contributed by atoms with Crippen LogP contribution in [-0.4, -0.2) is 85.1 Å². The number of quaternary nitrogens is 1. The third-order valence-corrected chi connectivity index (χ3v) is 8.89. The molecule has 45 heavy (non-hydrogen) atoms. The first-order valence-electron chi connectivity index (χ1n) is 15.8. The minimum atomic E-state index is -0.210. The van der Waals surface area contributed by atoms with Crippen molar-refractivity contribution >= 4 is 11.6 Å². The van der Waals surface area contributed by atoms with Gasteiger partial charge in [0.2, 0.25) is 0 Å². The quantitative estimate of drug-likeness (QED) is 0.264. The van der Waals surface area contributed by atoms with Crippen LogP contribution >= 0.6 is 0 Å². The highest BCUT2D eigenvalue weighted by atomic mass is 16.6. The van der Waals surface area contributed by atoms with E-state index < -0.39 is 0 Å². The van der Waals surface area contributed by atoms with Gasteiger partial charge in [0, 0.05) is 67.5 Å². The van der Waals surface area contributed by atoms with Crippen LogP contribution in [0, 0.1) is 20.8 Å². The minimum Gasteiger partial charge on any atom is -0.400 e. The zero-order chi connectivity index (χ0) is 32.6. The van der Waals surface area contributed by atoms with E-state index in [1.807, 2.05) is 32.9 Å². The lowest BCUT2D eigenvalue weighted by molar-refractivity contribution is -1.12. The highest BCUT2D eigenvalue weighted by molar-refractivity contribution is 5.99. The number of nitrogens with zero attached hydrogens (tertiary/aromatic N) is 2. The highest BCUT2D eigenvalue weighted by Gasteiger charge is 2.29. The molecule has 2 saturated heterocycles. The molecule has 1 amide bonds. The maximum absolute atomic E-state index is 13.8. The van der Waals surface area contributed by atoms with Crippen molar-refractivity contribution < 1.29 is 29.2 Å². The molecule has 3 aromatic rings. The Bertz CT molecular complexity index is 1490. The van der Waals surface area contributed by atoms with Gasteiger partial charge >= 0.3 is 0 Å². The second-order valence-corrected chi connectivity index (χ2v) is 11.9. The van der Waals surface area contributed by atoms with Gasteiger partial charge in [-0.3, -0.25) is 9.59 Å². The van der Waals surface area contributed by atoms with Crippen LogP contribution in [0.2, 0.25) is 0 Å². The van der Waals surface area contributed by atoms with E-state index in [4.69, 9.17) is 14.6 Å². The average molecular weight is 622 g/mol. The van der Waals surface area contributed by atoms with Gasteiger partial charge in [-0.25, -0.2) is 5.21 Å². The van der Waals surface area contributed by atoms with E-state index in [0.29, 0.717) is 50.0 Å². The van der Waals surface area contributed by atoms with Gasteiger partial charge in [0.05, 0.1) is 13.2 Å². The molecule has 2 aliphatic heterocycles. The number of hydroxylamine groups is 3. The Kier molecular flexibility index (Phi) is 11.9. The number of amides is 1. The number of aliphatic hydroxyl groups is 1. The Morgan fingerprint density at radius 1 is 0.978 bits per heavy atom. The van der Waals surface area contributed by atoms with Crippen LogP contribution in [0.1, 0.15) is 58.1 Å². The summed E-state index contributed by atoms with van der Waals surface area (Å²) < 4.78 is 11.1. The molecule has 4 N–H and O–H groups in total. The van der Waals surface area contributed by atoms with Crippen molar-refractivity contribution in [1.82, 2.24) is 10.3 Å². The van der Waals surface area contributed by atoms with Crippen molar-refractivity contribution in [2.24, 2.45) is 0 Å². The second kappa shape index (κ2) is 15.6. The predicted octanol–water partition coefficient (Wildman–Crippen LogP) is 4.25. The summed E-state index contributed by atoms with van der Waals surface area (Å²) in [5.41, 5.74) is 7.59. The Morgan fingerprint density at radius 3 is 2.24 bits per heavy atom. The molecule has 10 nitrogen and oxygen atoms in total. The first kappa shape index (κ1) is 34.3. The zero-order valence-corrected chi connectivity index (χ0v) is 27.3. The SMILES string of the molecule is CCN(c1cc(-c2ccc(C[N+]3(O)CCOCC3)cc2)cc(C(=O)NCc2c(C)cc(C)[nH]c2=O)c1C)C1CCOCC1.CO. The molecule has 0 bridgehead atoms. The lowest BCUT2D eigenvalue weighted by Crippen LogP contribution is -2.51. The molecular formula is C35H49N4O6+. The van der Waals surface area contributed by atoms with Crippen LogP contribution in [0.4, 0.5) is 5.69 Å². The molecule has 3 heterocycles. The van der Waals surface area contributed by atoms with Crippen molar-refractivity contribution in [3.63, 3.8) is 0 Å². The summed E-state index contributed by atoms with van der Waals surface area (Å²) in [5, 5.41) is 21.0. The fourth-order valence-corrected chi connectivity index (χ4v) is 6.37. The first-order chi connectivity index (χ1) is 21.7. The molecule has 10 heteroatoms. The number of ether oxygens (including phenoxy) is 2. The number of aromatic nitrogens is 1. The minimum absolute atomic E-state index is 0.0157. The fourth-order valence-electron chi connectivity index (χ4n) is 6.37. The number of aromatic amines is 1. The number of morpholine rings is 1. The number of carbonyl (C=O) groups is 1. The monoisotopic (exact) mass is 621 g/mol. The van der Waals surface area contributed by atoms with Crippen LogP contribution in [0.3, 0.4) is 0 Å². The lowest BCUT2D eigenvalue weighted by atomic mass is 9.94. The maximum Gasteiger partial charge on any atom is 0.253 e. The number of pyridine rings is 1. The number of hydrogen-bond acceptors (Lipinski definition) is 7. The average Bonchev–Trinajstić information content (AvgIpc) is 3.03. The third kappa shape index (κ3) is 8.39. The van der Waals surface area contributed by atoms with Crippen LogP contribution in [-0.2, 0) is 22.6 Å². The molecule has 1 aromatic heterocycles. The largest absolute Gasteiger partial charge is 0.400 e. The Morgan fingerprint density at radius 2 is 1.62 bits per heavy atom. The smallest absolute Gasteiger partial charge is 0.253 e. The van der Waals surface area contributed by atoms with Gasteiger partial charge in [-0.05, 0) is 81.0 Å². The van der Waals surface area contributed by atoms with Gasteiger partial charge in [0.1, 0.15) is 19.6 Å². The molecule has 2 fully saturated rings. The number of carbonyl (C=O) groups excluding carboxylic acids is 1. The number of hydrogen-bond donors (Lipinski definition) is 4. The van der Waals surface area contributed by atoms with Gasteiger partial charge in [-0.1, -0.05) is 24.3 Å². The van der Waals surface area contributed by atoms with E-state index in [1.54, 1.807) is 0 Å². The summed E-state index contributed by atoms with van der Waals surface area (Å²) in [6, 6.07) is 14.6. The topological polar surface area (TPSA) is 124 Å². The van der Waals surface area contributed by atoms with Gasteiger partial charge in [-0.15, -0.1) is 0 Å². The molecule has 0 saturated carbocycles. The first-order valence-corrected chi connectivity index (χ1v) is 15.8. The van der Waals surface area contributed by atoms with Crippen LogP contribution in [0.5, 0.6) is 0 Å². The maximum atomic E-state index is 13.8. The highest BCUT2D eigenvalue weighted by Crippen LogP contribution is 2.34. The van der Waals surface area contributed by atoms with Crippen LogP contribution < -0.4 is 15.8 Å². The van der Waals surface area contributed by atoms with Gasteiger partial charge in [-0.2, -0.15) is 4.65 Å². The molecule has 0 atom stereocenters. The van der Waals surface area contributed by atoms with Gasteiger partial charge in [0.15, 0.2) is 0 Å². The van der Waals surface area contributed by atoms with Crippen molar-refractivity contribution in [1.29, 1.82) is 0 Å². The summed E-state index contributed by atoms with van der Waals surface area (Å²) in [6.07, 6.45) is 1.88. The lowest BCUT2D eigenvalue weighted by Gasteiger charge is -2.37. The zero-order valence-electron chi connectivity index (χ0n) is 27.3. The molecule has 2 aromatic carbocycles.